The monoisotopic (exact) mass is 253 g/mol. The highest BCUT2D eigenvalue weighted by Crippen LogP contribution is 2.30. The van der Waals surface area contributed by atoms with Crippen LogP contribution in [0.5, 0.6) is 0 Å². The van der Waals surface area contributed by atoms with Crippen molar-refractivity contribution in [2.75, 3.05) is 0 Å². The number of aliphatic hydroxyl groups is 1. The lowest BCUT2D eigenvalue weighted by atomic mass is 10.2. The maximum absolute atomic E-state index is 13.4. The molecule has 0 amide bonds. The second kappa shape index (κ2) is 4.85. The van der Waals surface area contributed by atoms with Crippen molar-refractivity contribution in [1.29, 1.82) is 0 Å². The van der Waals surface area contributed by atoms with Crippen molar-refractivity contribution >= 4 is 11.8 Å². The van der Waals surface area contributed by atoms with Gasteiger partial charge in [-0.05, 0) is 30.8 Å². The van der Waals surface area contributed by atoms with E-state index < -0.39 is 5.82 Å². The molecular formula is C11H12FN3OS. The van der Waals surface area contributed by atoms with Gasteiger partial charge < -0.3 is 9.67 Å². The molecule has 2 aromatic rings. The Morgan fingerprint density at radius 3 is 2.76 bits per heavy atom. The van der Waals surface area contributed by atoms with E-state index in [0.29, 0.717) is 10.1 Å². The summed E-state index contributed by atoms with van der Waals surface area (Å²) in [6.07, 6.45) is 0. The number of rotatable bonds is 3. The van der Waals surface area contributed by atoms with Crippen LogP contribution in [0.4, 0.5) is 4.39 Å². The van der Waals surface area contributed by atoms with Crippen LogP contribution in [-0.4, -0.2) is 19.9 Å². The van der Waals surface area contributed by atoms with Crippen LogP contribution in [0.15, 0.2) is 28.3 Å². The summed E-state index contributed by atoms with van der Waals surface area (Å²) in [6.45, 7) is 1.52. The molecular weight excluding hydrogens is 241 g/mol. The van der Waals surface area contributed by atoms with Crippen LogP contribution in [0.2, 0.25) is 0 Å². The third-order valence-corrected chi connectivity index (χ3v) is 3.63. The maximum Gasteiger partial charge on any atom is 0.195 e. The third-order valence-electron chi connectivity index (χ3n) is 2.49. The molecule has 17 heavy (non-hydrogen) atoms. The van der Waals surface area contributed by atoms with Crippen molar-refractivity contribution in [1.82, 2.24) is 14.8 Å². The molecule has 0 aliphatic heterocycles. The average Bonchev–Trinajstić information content (AvgIpc) is 2.61. The smallest absolute Gasteiger partial charge is 0.195 e. The molecule has 90 valence electrons. The van der Waals surface area contributed by atoms with E-state index in [2.05, 4.69) is 10.2 Å². The largest absolute Gasteiger partial charge is 0.392 e. The molecule has 1 heterocycles. The first kappa shape index (κ1) is 12.1. The molecule has 6 heteroatoms. The Morgan fingerprint density at radius 2 is 2.18 bits per heavy atom. The third kappa shape index (κ3) is 2.32. The van der Waals surface area contributed by atoms with Gasteiger partial charge in [-0.1, -0.05) is 6.07 Å². The molecule has 0 spiro atoms. The topological polar surface area (TPSA) is 50.9 Å². The van der Waals surface area contributed by atoms with Crippen LogP contribution in [-0.2, 0) is 13.7 Å². The van der Waals surface area contributed by atoms with E-state index in [9.17, 15) is 4.39 Å². The fourth-order valence-corrected chi connectivity index (χ4v) is 2.34. The average molecular weight is 253 g/mol. The first-order chi connectivity index (χ1) is 8.13. The second-order valence-electron chi connectivity index (χ2n) is 3.57. The maximum atomic E-state index is 13.4. The Balaban J connectivity index is 2.36. The van der Waals surface area contributed by atoms with E-state index in [1.807, 2.05) is 18.5 Å². The van der Waals surface area contributed by atoms with Gasteiger partial charge in [-0.15, -0.1) is 10.2 Å². The molecule has 0 radical (unpaired) electrons. The van der Waals surface area contributed by atoms with E-state index in [1.54, 1.807) is 12.1 Å². The number of hydrogen-bond donors (Lipinski definition) is 1. The minimum Gasteiger partial charge on any atom is -0.392 e. The summed E-state index contributed by atoms with van der Waals surface area (Å²) in [5.74, 6) is 0.380. The molecule has 0 aliphatic carbocycles. The van der Waals surface area contributed by atoms with Crippen molar-refractivity contribution < 1.29 is 9.50 Å². The summed E-state index contributed by atoms with van der Waals surface area (Å²) in [4.78, 5) is 0.656. The summed E-state index contributed by atoms with van der Waals surface area (Å²) in [5, 5.41) is 17.7. The molecule has 0 saturated heterocycles. The number of hydrogen-bond acceptors (Lipinski definition) is 4. The molecule has 1 N–H and O–H groups in total. The van der Waals surface area contributed by atoms with Gasteiger partial charge in [0.15, 0.2) is 5.16 Å². The second-order valence-corrected chi connectivity index (χ2v) is 4.57. The van der Waals surface area contributed by atoms with Crippen molar-refractivity contribution in [3.05, 3.63) is 35.4 Å². The molecule has 0 fully saturated rings. The van der Waals surface area contributed by atoms with E-state index in [1.165, 1.54) is 17.8 Å². The van der Waals surface area contributed by atoms with Crippen LogP contribution in [0, 0.1) is 12.7 Å². The van der Waals surface area contributed by atoms with E-state index in [4.69, 9.17) is 5.11 Å². The van der Waals surface area contributed by atoms with Crippen molar-refractivity contribution in [2.24, 2.45) is 7.05 Å². The lowest BCUT2D eigenvalue weighted by molar-refractivity contribution is 0.272. The zero-order chi connectivity index (χ0) is 12.4. The highest BCUT2D eigenvalue weighted by Gasteiger charge is 2.12. The van der Waals surface area contributed by atoms with Gasteiger partial charge in [-0.2, -0.15) is 0 Å². The molecule has 2 rings (SSSR count). The molecule has 0 unspecified atom stereocenters. The van der Waals surface area contributed by atoms with E-state index in [0.717, 1.165) is 5.82 Å². The number of aliphatic hydroxyl groups excluding tert-OH is 1. The van der Waals surface area contributed by atoms with Gasteiger partial charge in [-0.3, -0.25) is 0 Å². The number of benzene rings is 1. The summed E-state index contributed by atoms with van der Waals surface area (Å²) < 4.78 is 15.3. The van der Waals surface area contributed by atoms with Crippen LogP contribution < -0.4 is 0 Å². The Hall–Kier alpha value is -1.40. The van der Waals surface area contributed by atoms with Crippen molar-refractivity contribution in [3.8, 4) is 0 Å². The molecule has 1 aromatic heterocycles. The molecule has 1 aromatic carbocycles. The highest BCUT2D eigenvalue weighted by molar-refractivity contribution is 7.99. The van der Waals surface area contributed by atoms with Gasteiger partial charge in [0.2, 0.25) is 0 Å². The van der Waals surface area contributed by atoms with Crippen LogP contribution in [0.1, 0.15) is 11.4 Å². The lowest BCUT2D eigenvalue weighted by Crippen LogP contribution is -1.96. The molecule has 4 nitrogen and oxygen atoms in total. The standard InChI is InChI=1S/C11H12FN3OS/c1-7-13-14-11(15(7)2)17-10-5-3-4-9(12)8(10)6-16/h3-5,16H,6H2,1-2H3. The summed E-state index contributed by atoms with van der Waals surface area (Å²) in [7, 11) is 1.84. The number of nitrogens with zero attached hydrogens (tertiary/aromatic N) is 3. The Labute approximate surface area is 102 Å². The Bertz CT molecular complexity index is 542. The van der Waals surface area contributed by atoms with Gasteiger partial charge in [0.05, 0.1) is 6.61 Å². The zero-order valence-corrected chi connectivity index (χ0v) is 10.3. The van der Waals surface area contributed by atoms with Gasteiger partial charge in [-0.25, -0.2) is 4.39 Å². The summed E-state index contributed by atoms with van der Waals surface area (Å²) in [5.41, 5.74) is 0.290. The molecule has 0 atom stereocenters. The predicted octanol–water partition coefficient (Wildman–Crippen LogP) is 1.91. The first-order valence-electron chi connectivity index (χ1n) is 5.05. The van der Waals surface area contributed by atoms with Crippen LogP contribution in [0.25, 0.3) is 0 Å². The Morgan fingerprint density at radius 1 is 1.41 bits per heavy atom. The van der Waals surface area contributed by atoms with Gasteiger partial charge in [0.1, 0.15) is 11.6 Å². The first-order valence-corrected chi connectivity index (χ1v) is 5.87. The van der Waals surface area contributed by atoms with Crippen LogP contribution in [0.3, 0.4) is 0 Å². The summed E-state index contributed by atoms with van der Waals surface area (Å²) in [6, 6.07) is 4.70. The Kier molecular flexibility index (Phi) is 3.44. The quantitative estimate of drug-likeness (QED) is 0.907. The minimum absolute atomic E-state index is 0.290. The predicted molar refractivity (Wildman–Crippen MR) is 62.2 cm³/mol. The fraction of sp³-hybridized carbons (Fsp3) is 0.273. The minimum atomic E-state index is -0.406. The van der Waals surface area contributed by atoms with Gasteiger partial charge in [0.25, 0.3) is 0 Å². The molecule has 0 saturated carbocycles. The zero-order valence-electron chi connectivity index (χ0n) is 9.51. The SMILES string of the molecule is Cc1nnc(Sc2cccc(F)c2CO)n1C. The number of halogens is 1. The van der Waals surface area contributed by atoms with E-state index in [-0.39, 0.29) is 12.2 Å². The van der Waals surface area contributed by atoms with E-state index >= 15 is 0 Å². The molecule has 0 aliphatic rings. The summed E-state index contributed by atoms with van der Waals surface area (Å²) >= 11 is 1.29. The van der Waals surface area contributed by atoms with Crippen molar-refractivity contribution in [2.45, 2.75) is 23.6 Å². The normalized spacial score (nSPS) is 10.8. The number of aryl methyl sites for hydroxylation is 1. The fourth-order valence-electron chi connectivity index (χ4n) is 1.36. The van der Waals surface area contributed by atoms with Gasteiger partial charge in [0, 0.05) is 17.5 Å². The lowest BCUT2D eigenvalue weighted by Gasteiger charge is -2.07. The van der Waals surface area contributed by atoms with Gasteiger partial charge >= 0.3 is 0 Å². The molecule has 0 bridgehead atoms. The van der Waals surface area contributed by atoms with Crippen molar-refractivity contribution in [3.63, 3.8) is 0 Å². The van der Waals surface area contributed by atoms with Crippen LogP contribution >= 0.6 is 11.8 Å². The highest BCUT2D eigenvalue weighted by atomic mass is 32.2. The number of aromatic nitrogens is 3.